The zero-order valence-electron chi connectivity index (χ0n) is 12.7. The fraction of sp³-hybridized carbons (Fsp3) is 0.786. The number of hydrogen-bond donors (Lipinski definition) is 3. The number of hydrogen-bond acceptors (Lipinski definition) is 4. The first-order chi connectivity index (χ1) is 9.95. The van der Waals surface area contributed by atoms with Crippen molar-refractivity contribution >= 4 is 17.8 Å². The molecular weight excluding hydrogens is 274 g/mol. The van der Waals surface area contributed by atoms with E-state index in [-0.39, 0.29) is 24.3 Å². The van der Waals surface area contributed by atoms with Crippen LogP contribution in [-0.2, 0) is 14.4 Å². The fourth-order valence-corrected chi connectivity index (χ4v) is 2.22. The summed E-state index contributed by atoms with van der Waals surface area (Å²) in [4.78, 5) is 36.1. The number of nitrogens with zero attached hydrogens (tertiary/aromatic N) is 1. The van der Waals surface area contributed by atoms with Crippen LogP contribution in [0.1, 0.15) is 33.1 Å². The average Bonchev–Trinajstić information content (AvgIpc) is 2.49. The monoisotopic (exact) mass is 299 g/mol. The minimum absolute atomic E-state index is 0.0889. The minimum Gasteiger partial charge on any atom is -0.481 e. The molecule has 1 rings (SSSR count). The Labute approximate surface area is 125 Å². The quantitative estimate of drug-likeness (QED) is 0.605. The number of rotatable bonds is 7. The van der Waals surface area contributed by atoms with Gasteiger partial charge in [0.05, 0.1) is 18.5 Å². The molecule has 0 aromatic rings. The van der Waals surface area contributed by atoms with Gasteiger partial charge in [0.15, 0.2) is 0 Å². The zero-order chi connectivity index (χ0) is 15.8. The molecule has 0 aromatic carbocycles. The summed E-state index contributed by atoms with van der Waals surface area (Å²) in [6, 6.07) is -0.419. The average molecular weight is 299 g/mol. The SMILES string of the molecule is CCCNC(=O)C(C)NCC(=O)N1CCC(C(=O)O)CC1. The van der Waals surface area contributed by atoms with E-state index in [9.17, 15) is 14.4 Å². The third-order valence-corrected chi connectivity index (χ3v) is 3.70. The van der Waals surface area contributed by atoms with Crippen LogP contribution in [0.15, 0.2) is 0 Å². The van der Waals surface area contributed by atoms with Gasteiger partial charge in [-0.15, -0.1) is 0 Å². The Morgan fingerprint density at radius 3 is 2.43 bits per heavy atom. The Morgan fingerprint density at radius 1 is 1.29 bits per heavy atom. The molecule has 1 unspecified atom stereocenters. The van der Waals surface area contributed by atoms with E-state index in [1.807, 2.05) is 6.92 Å². The molecule has 7 nitrogen and oxygen atoms in total. The number of carbonyl (C=O) groups excluding carboxylic acids is 2. The molecule has 0 aromatic heterocycles. The molecule has 0 saturated carbocycles. The van der Waals surface area contributed by atoms with Gasteiger partial charge < -0.3 is 15.3 Å². The van der Waals surface area contributed by atoms with Crippen molar-refractivity contribution in [3.63, 3.8) is 0 Å². The molecule has 1 saturated heterocycles. The Morgan fingerprint density at radius 2 is 1.90 bits per heavy atom. The molecular formula is C14H25N3O4. The summed E-state index contributed by atoms with van der Waals surface area (Å²) in [6.07, 6.45) is 1.86. The molecule has 7 heteroatoms. The second kappa shape index (κ2) is 8.61. The first kappa shape index (κ1) is 17.4. The Balaban J connectivity index is 2.28. The molecule has 0 radical (unpaired) electrons. The minimum atomic E-state index is -0.790. The van der Waals surface area contributed by atoms with E-state index in [4.69, 9.17) is 5.11 Å². The van der Waals surface area contributed by atoms with Gasteiger partial charge in [-0.2, -0.15) is 0 Å². The number of aliphatic carboxylic acids is 1. The molecule has 0 bridgehead atoms. The standard InChI is InChI=1S/C14H25N3O4/c1-3-6-15-13(19)10(2)16-9-12(18)17-7-4-11(5-8-17)14(20)21/h10-11,16H,3-9H2,1-2H3,(H,15,19)(H,20,21). The second-order valence-electron chi connectivity index (χ2n) is 5.39. The van der Waals surface area contributed by atoms with E-state index in [2.05, 4.69) is 10.6 Å². The summed E-state index contributed by atoms with van der Waals surface area (Å²) < 4.78 is 0. The predicted octanol–water partition coefficient (Wildman–Crippen LogP) is -0.186. The van der Waals surface area contributed by atoms with Crippen molar-refractivity contribution in [2.24, 2.45) is 5.92 Å². The van der Waals surface area contributed by atoms with Gasteiger partial charge in [-0.3, -0.25) is 19.7 Å². The van der Waals surface area contributed by atoms with Gasteiger partial charge in [0.2, 0.25) is 11.8 Å². The molecule has 1 fully saturated rings. The molecule has 3 N–H and O–H groups in total. The van der Waals surface area contributed by atoms with Crippen LogP contribution in [0.4, 0.5) is 0 Å². The van der Waals surface area contributed by atoms with Crippen molar-refractivity contribution in [1.29, 1.82) is 0 Å². The lowest BCUT2D eigenvalue weighted by atomic mass is 9.97. The molecule has 120 valence electrons. The first-order valence-corrected chi connectivity index (χ1v) is 7.47. The van der Waals surface area contributed by atoms with E-state index < -0.39 is 12.0 Å². The Kier molecular flexibility index (Phi) is 7.14. The summed E-state index contributed by atoms with van der Waals surface area (Å²) in [5.41, 5.74) is 0. The van der Waals surface area contributed by atoms with Crippen molar-refractivity contribution < 1.29 is 19.5 Å². The van der Waals surface area contributed by atoms with E-state index in [0.717, 1.165) is 6.42 Å². The predicted molar refractivity (Wildman–Crippen MR) is 77.7 cm³/mol. The first-order valence-electron chi connectivity index (χ1n) is 7.47. The van der Waals surface area contributed by atoms with E-state index in [1.165, 1.54) is 0 Å². The van der Waals surface area contributed by atoms with Crippen LogP contribution in [0.5, 0.6) is 0 Å². The van der Waals surface area contributed by atoms with Crippen molar-refractivity contribution in [1.82, 2.24) is 15.5 Å². The molecule has 1 atom stereocenters. The highest BCUT2D eigenvalue weighted by Crippen LogP contribution is 2.17. The largest absolute Gasteiger partial charge is 0.481 e. The van der Waals surface area contributed by atoms with Crippen molar-refractivity contribution in [2.45, 2.75) is 39.2 Å². The lowest BCUT2D eigenvalue weighted by Gasteiger charge is -2.30. The molecule has 21 heavy (non-hydrogen) atoms. The molecule has 1 heterocycles. The molecule has 0 aliphatic carbocycles. The number of carbonyl (C=O) groups is 3. The van der Waals surface area contributed by atoms with Crippen LogP contribution < -0.4 is 10.6 Å². The van der Waals surface area contributed by atoms with Gasteiger partial charge in [-0.1, -0.05) is 6.92 Å². The van der Waals surface area contributed by atoms with Crippen LogP contribution in [0.2, 0.25) is 0 Å². The van der Waals surface area contributed by atoms with Gasteiger partial charge in [0.1, 0.15) is 0 Å². The zero-order valence-corrected chi connectivity index (χ0v) is 12.7. The van der Waals surface area contributed by atoms with Crippen LogP contribution in [0.25, 0.3) is 0 Å². The van der Waals surface area contributed by atoms with Crippen LogP contribution in [0.3, 0.4) is 0 Å². The maximum absolute atomic E-state index is 12.0. The van der Waals surface area contributed by atoms with Crippen LogP contribution in [0, 0.1) is 5.92 Å². The van der Waals surface area contributed by atoms with Crippen LogP contribution in [-0.4, -0.2) is 60.0 Å². The van der Waals surface area contributed by atoms with Gasteiger partial charge in [0, 0.05) is 19.6 Å². The highest BCUT2D eigenvalue weighted by atomic mass is 16.4. The van der Waals surface area contributed by atoms with E-state index >= 15 is 0 Å². The van der Waals surface area contributed by atoms with Gasteiger partial charge in [-0.25, -0.2) is 0 Å². The maximum atomic E-state index is 12.0. The normalized spacial score (nSPS) is 17.3. The third kappa shape index (κ3) is 5.71. The number of piperidine rings is 1. The summed E-state index contributed by atoms with van der Waals surface area (Å²) >= 11 is 0. The Bertz CT molecular complexity index is 378. The summed E-state index contributed by atoms with van der Waals surface area (Å²) in [6.45, 7) is 5.35. The van der Waals surface area contributed by atoms with Crippen LogP contribution >= 0.6 is 0 Å². The molecule has 2 amide bonds. The molecule has 1 aliphatic rings. The topological polar surface area (TPSA) is 98.7 Å². The lowest BCUT2D eigenvalue weighted by molar-refractivity contribution is -0.145. The number of amides is 2. The van der Waals surface area contributed by atoms with Crippen molar-refractivity contribution in [2.75, 3.05) is 26.2 Å². The maximum Gasteiger partial charge on any atom is 0.306 e. The second-order valence-corrected chi connectivity index (χ2v) is 5.39. The fourth-order valence-electron chi connectivity index (χ4n) is 2.22. The smallest absolute Gasteiger partial charge is 0.306 e. The van der Waals surface area contributed by atoms with E-state index in [1.54, 1.807) is 11.8 Å². The van der Waals surface area contributed by atoms with Gasteiger partial charge in [-0.05, 0) is 26.2 Å². The number of nitrogens with one attached hydrogen (secondary N) is 2. The third-order valence-electron chi connectivity index (χ3n) is 3.70. The van der Waals surface area contributed by atoms with Gasteiger partial charge >= 0.3 is 5.97 Å². The molecule has 1 aliphatic heterocycles. The van der Waals surface area contributed by atoms with Gasteiger partial charge in [0.25, 0.3) is 0 Å². The highest BCUT2D eigenvalue weighted by Gasteiger charge is 2.27. The number of likely N-dealkylation sites (tertiary alicyclic amines) is 1. The summed E-state index contributed by atoms with van der Waals surface area (Å²) in [5.74, 6) is -1.34. The lowest BCUT2D eigenvalue weighted by Crippen LogP contribution is -2.48. The summed E-state index contributed by atoms with van der Waals surface area (Å²) in [7, 11) is 0. The Hall–Kier alpha value is -1.63. The van der Waals surface area contributed by atoms with Crippen molar-refractivity contribution in [3.8, 4) is 0 Å². The molecule has 0 spiro atoms. The number of carboxylic acids is 1. The van der Waals surface area contributed by atoms with Crippen molar-refractivity contribution in [3.05, 3.63) is 0 Å². The van der Waals surface area contributed by atoms with E-state index in [0.29, 0.717) is 32.5 Å². The highest BCUT2D eigenvalue weighted by molar-refractivity contribution is 5.83. The number of carboxylic acid groups (broad SMARTS) is 1. The summed E-state index contributed by atoms with van der Waals surface area (Å²) in [5, 5.41) is 14.6.